The van der Waals surface area contributed by atoms with Crippen LogP contribution in [0.2, 0.25) is 0 Å². The van der Waals surface area contributed by atoms with E-state index in [4.69, 9.17) is 4.74 Å². The fourth-order valence-electron chi connectivity index (χ4n) is 4.83. The smallest absolute Gasteiger partial charge is 0.252 e. The van der Waals surface area contributed by atoms with Crippen LogP contribution in [-0.2, 0) is 20.9 Å². The van der Waals surface area contributed by atoms with E-state index in [1.807, 2.05) is 30.3 Å². The third kappa shape index (κ3) is 6.39. The van der Waals surface area contributed by atoms with E-state index >= 15 is 0 Å². The van der Waals surface area contributed by atoms with Gasteiger partial charge in [0.05, 0.1) is 0 Å². The number of nitrogens with zero attached hydrogens (tertiary/aromatic N) is 1. The first-order valence-electron chi connectivity index (χ1n) is 12.8. The molecule has 2 heterocycles. The van der Waals surface area contributed by atoms with Crippen LogP contribution in [0.25, 0.3) is 17.2 Å². The van der Waals surface area contributed by atoms with Crippen LogP contribution in [0.4, 0.5) is 5.69 Å². The van der Waals surface area contributed by atoms with E-state index in [2.05, 4.69) is 66.7 Å². The first-order chi connectivity index (χ1) is 17.9. The number of carbonyl (C=O) groups is 2. The highest BCUT2D eigenvalue weighted by molar-refractivity contribution is 8.13. The fraction of sp³-hybridized carbons (Fsp3) is 0.290. The van der Waals surface area contributed by atoms with E-state index in [1.54, 1.807) is 0 Å². The summed E-state index contributed by atoms with van der Waals surface area (Å²) < 4.78 is 5.47. The third-order valence-electron chi connectivity index (χ3n) is 7.03. The monoisotopic (exact) mass is 512 g/mol. The molecule has 0 saturated carbocycles. The van der Waals surface area contributed by atoms with Gasteiger partial charge in [-0.15, -0.1) is 0 Å². The highest BCUT2D eigenvalue weighted by atomic mass is 32.2. The molecule has 0 radical (unpaired) electrons. The molecule has 5 rings (SSSR count). The van der Waals surface area contributed by atoms with Crippen molar-refractivity contribution < 1.29 is 14.3 Å². The second-order valence-electron chi connectivity index (χ2n) is 9.85. The summed E-state index contributed by atoms with van der Waals surface area (Å²) in [5.74, 6) is -0.241. The molecule has 3 aromatic rings. The lowest BCUT2D eigenvalue weighted by atomic mass is 10.00. The first kappa shape index (κ1) is 25.5. The average molecular weight is 513 g/mol. The minimum atomic E-state index is -0.241. The Hall–Kier alpha value is -3.19. The number of amides is 1. The maximum Gasteiger partial charge on any atom is 0.252 e. The largest absolute Gasteiger partial charge is 0.381 e. The summed E-state index contributed by atoms with van der Waals surface area (Å²) in [5.41, 5.74) is 6.66. The van der Waals surface area contributed by atoms with Crippen LogP contribution in [-0.4, -0.2) is 42.2 Å². The third-order valence-corrected chi connectivity index (χ3v) is 8.00. The Morgan fingerprint density at radius 3 is 2.43 bits per heavy atom. The van der Waals surface area contributed by atoms with Gasteiger partial charge in [0, 0.05) is 48.4 Å². The van der Waals surface area contributed by atoms with Gasteiger partial charge in [-0.1, -0.05) is 59.8 Å². The Bertz CT molecular complexity index is 1310. The molecule has 0 aliphatic carbocycles. The van der Waals surface area contributed by atoms with E-state index in [9.17, 15) is 9.59 Å². The van der Waals surface area contributed by atoms with Gasteiger partial charge in [-0.3, -0.25) is 14.5 Å². The molecule has 1 N–H and O–H groups in total. The second kappa shape index (κ2) is 11.5. The number of aryl methyl sites for hydroxylation is 1. The molecule has 2 aliphatic rings. The van der Waals surface area contributed by atoms with Crippen molar-refractivity contribution in [1.29, 1.82) is 0 Å². The minimum absolute atomic E-state index is 0.0327. The van der Waals surface area contributed by atoms with Gasteiger partial charge >= 0.3 is 0 Å². The van der Waals surface area contributed by atoms with Gasteiger partial charge in [-0.25, -0.2) is 0 Å². The standard InChI is InChI=1S/C31H32N2O3S/c1-21-3-7-23(8-4-21)24-9-12-29-25(17-24)18-26(19-30(34)37-29)31(35)32-27-10-5-22(6-11-27)20-33(2)28-13-15-36-16-14-28/h3-12,17-18,28H,13-16,19-20H2,1-2H3,(H,32,35). The van der Waals surface area contributed by atoms with Crippen molar-refractivity contribution in [3.05, 3.63) is 89.0 Å². The van der Waals surface area contributed by atoms with Crippen molar-refractivity contribution in [3.63, 3.8) is 0 Å². The number of anilines is 1. The summed E-state index contributed by atoms with van der Waals surface area (Å²) in [6, 6.07) is 22.9. The maximum absolute atomic E-state index is 13.2. The molecule has 0 bridgehead atoms. The Kier molecular flexibility index (Phi) is 7.89. The topological polar surface area (TPSA) is 58.6 Å². The molecule has 0 spiro atoms. The quantitative estimate of drug-likeness (QED) is 0.419. The van der Waals surface area contributed by atoms with Crippen molar-refractivity contribution in [1.82, 2.24) is 4.90 Å². The Morgan fingerprint density at radius 2 is 1.70 bits per heavy atom. The summed E-state index contributed by atoms with van der Waals surface area (Å²) >= 11 is 1.20. The fourth-order valence-corrected chi connectivity index (χ4v) is 5.67. The van der Waals surface area contributed by atoms with Crippen molar-refractivity contribution >= 4 is 34.5 Å². The maximum atomic E-state index is 13.2. The zero-order valence-corrected chi connectivity index (χ0v) is 22.1. The van der Waals surface area contributed by atoms with Crippen LogP contribution in [0.5, 0.6) is 0 Å². The van der Waals surface area contributed by atoms with Crippen LogP contribution in [0.15, 0.2) is 77.2 Å². The number of benzene rings is 3. The summed E-state index contributed by atoms with van der Waals surface area (Å²) in [6.07, 6.45) is 4.08. The molecule has 0 unspecified atom stereocenters. The van der Waals surface area contributed by atoms with Gasteiger partial charge < -0.3 is 10.1 Å². The molecule has 1 saturated heterocycles. The normalized spacial score (nSPS) is 16.2. The molecule has 1 amide bonds. The van der Waals surface area contributed by atoms with Crippen molar-refractivity contribution in [2.24, 2.45) is 0 Å². The van der Waals surface area contributed by atoms with Crippen LogP contribution >= 0.6 is 11.8 Å². The molecular weight excluding hydrogens is 480 g/mol. The first-order valence-corrected chi connectivity index (χ1v) is 13.6. The van der Waals surface area contributed by atoms with Gasteiger partial charge in [-0.05, 0) is 79.4 Å². The predicted octanol–water partition coefficient (Wildman–Crippen LogP) is 6.32. The molecule has 190 valence electrons. The molecular formula is C31H32N2O3S. The zero-order chi connectivity index (χ0) is 25.8. The summed E-state index contributed by atoms with van der Waals surface area (Å²) in [4.78, 5) is 29.0. The summed E-state index contributed by atoms with van der Waals surface area (Å²) in [6.45, 7) is 4.58. The number of hydrogen-bond acceptors (Lipinski definition) is 5. The number of carbonyl (C=O) groups excluding carboxylic acids is 2. The van der Waals surface area contributed by atoms with Crippen LogP contribution in [0.1, 0.15) is 36.0 Å². The van der Waals surface area contributed by atoms with E-state index in [1.165, 1.54) is 22.9 Å². The molecule has 0 atom stereocenters. The van der Waals surface area contributed by atoms with Crippen molar-refractivity contribution in [3.8, 4) is 11.1 Å². The molecule has 6 heteroatoms. The lowest BCUT2D eigenvalue weighted by Gasteiger charge is -2.31. The Labute approximate surface area is 222 Å². The molecule has 5 nitrogen and oxygen atoms in total. The average Bonchev–Trinajstić information content (AvgIpc) is 3.08. The van der Waals surface area contributed by atoms with Gasteiger partial charge in [0.15, 0.2) is 5.12 Å². The van der Waals surface area contributed by atoms with Gasteiger partial charge in [0.2, 0.25) is 0 Å². The molecule has 0 aromatic heterocycles. The SMILES string of the molecule is Cc1ccc(-c2ccc3c(c2)C=C(C(=O)Nc2ccc(CN(C)C4CCOCC4)cc2)CC(=O)S3)cc1. The lowest BCUT2D eigenvalue weighted by Crippen LogP contribution is -2.36. The molecule has 3 aromatic carbocycles. The van der Waals surface area contributed by atoms with E-state index in [0.29, 0.717) is 11.6 Å². The van der Waals surface area contributed by atoms with Crippen LogP contribution < -0.4 is 5.32 Å². The Morgan fingerprint density at radius 1 is 1.00 bits per heavy atom. The summed E-state index contributed by atoms with van der Waals surface area (Å²) in [5, 5.41) is 2.96. The van der Waals surface area contributed by atoms with Gasteiger partial charge in [0.1, 0.15) is 0 Å². The number of nitrogens with one attached hydrogen (secondary N) is 1. The number of fused-ring (bicyclic) bond motifs is 1. The number of ether oxygens (including phenoxy) is 1. The van der Waals surface area contributed by atoms with E-state index < -0.39 is 0 Å². The predicted molar refractivity (Wildman–Crippen MR) is 150 cm³/mol. The number of rotatable bonds is 6. The Balaban J connectivity index is 1.29. The zero-order valence-electron chi connectivity index (χ0n) is 21.3. The van der Waals surface area contributed by atoms with Crippen molar-refractivity contribution in [2.45, 2.75) is 43.7 Å². The number of thioether (sulfide) groups is 1. The van der Waals surface area contributed by atoms with Gasteiger partial charge in [-0.2, -0.15) is 0 Å². The highest BCUT2D eigenvalue weighted by Gasteiger charge is 2.22. The van der Waals surface area contributed by atoms with Crippen molar-refractivity contribution in [2.75, 3.05) is 25.6 Å². The molecule has 1 fully saturated rings. The second-order valence-corrected chi connectivity index (χ2v) is 10.9. The van der Waals surface area contributed by atoms with E-state index in [-0.39, 0.29) is 17.4 Å². The molecule has 37 heavy (non-hydrogen) atoms. The summed E-state index contributed by atoms with van der Waals surface area (Å²) in [7, 11) is 2.15. The van der Waals surface area contributed by atoms with Crippen LogP contribution in [0.3, 0.4) is 0 Å². The van der Waals surface area contributed by atoms with E-state index in [0.717, 1.165) is 59.9 Å². The van der Waals surface area contributed by atoms with Crippen LogP contribution in [0, 0.1) is 6.92 Å². The minimum Gasteiger partial charge on any atom is -0.381 e. The van der Waals surface area contributed by atoms with Gasteiger partial charge in [0.25, 0.3) is 5.91 Å². The number of hydrogen-bond donors (Lipinski definition) is 1. The highest BCUT2D eigenvalue weighted by Crippen LogP contribution is 2.35. The lowest BCUT2D eigenvalue weighted by molar-refractivity contribution is -0.115. The molecule has 2 aliphatic heterocycles.